The van der Waals surface area contributed by atoms with Gasteiger partial charge in [0.25, 0.3) is 0 Å². The van der Waals surface area contributed by atoms with Crippen molar-refractivity contribution in [3.05, 3.63) is 57.7 Å². The summed E-state index contributed by atoms with van der Waals surface area (Å²) in [7, 11) is 0. The largest absolute Gasteiger partial charge is 0.573 e. The topological polar surface area (TPSA) is 18.5 Å². The van der Waals surface area contributed by atoms with E-state index in [-0.39, 0.29) is 18.1 Å². The van der Waals surface area contributed by atoms with Gasteiger partial charge < -0.3 is 9.47 Å². The highest BCUT2D eigenvalue weighted by Crippen LogP contribution is 2.32. The maximum Gasteiger partial charge on any atom is 0.573 e. The lowest BCUT2D eigenvalue weighted by molar-refractivity contribution is -0.275. The highest BCUT2D eigenvalue weighted by atomic mass is 127. The molecule has 20 heavy (non-hydrogen) atoms. The Morgan fingerprint density at radius 1 is 0.900 bits per heavy atom. The van der Waals surface area contributed by atoms with Crippen LogP contribution < -0.4 is 9.47 Å². The maximum absolute atomic E-state index is 12.3. The van der Waals surface area contributed by atoms with E-state index in [4.69, 9.17) is 4.74 Å². The first kappa shape index (κ1) is 15.0. The summed E-state index contributed by atoms with van der Waals surface area (Å²) in [4.78, 5) is 0. The molecule has 0 atom stereocenters. The zero-order chi connectivity index (χ0) is 14.6. The summed E-state index contributed by atoms with van der Waals surface area (Å²) in [6.45, 7) is 0.176. The molecule has 0 bridgehead atoms. The van der Waals surface area contributed by atoms with Crippen molar-refractivity contribution in [2.24, 2.45) is 0 Å². The lowest BCUT2D eigenvalue weighted by atomic mass is 10.2. The first-order chi connectivity index (χ1) is 9.44. The van der Waals surface area contributed by atoms with E-state index in [9.17, 15) is 13.2 Å². The Bertz CT molecular complexity index is 567. The maximum atomic E-state index is 12.3. The monoisotopic (exact) mass is 394 g/mol. The highest BCUT2D eigenvalue weighted by Gasteiger charge is 2.32. The molecule has 0 aliphatic heterocycles. The minimum atomic E-state index is -4.73. The van der Waals surface area contributed by atoms with E-state index in [1.165, 1.54) is 18.2 Å². The predicted molar refractivity (Wildman–Crippen MR) is 76.6 cm³/mol. The normalized spacial score (nSPS) is 11.2. The second-order valence-electron chi connectivity index (χ2n) is 3.91. The third-order valence-electron chi connectivity index (χ3n) is 2.38. The van der Waals surface area contributed by atoms with E-state index >= 15 is 0 Å². The minimum Gasteiger partial charge on any atom is -0.485 e. The van der Waals surface area contributed by atoms with Gasteiger partial charge >= 0.3 is 6.36 Å². The molecule has 2 aromatic rings. The van der Waals surface area contributed by atoms with Gasteiger partial charge in [0.15, 0.2) is 11.5 Å². The molecule has 0 unspecified atom stereocenters. The van der Waals surface area contributed by atoms with E-state index in [1.807, 2.05) is 24.3 Å². The van der Waals surface area contributed by atoms with Crippen LogP contribution >= 0.6 is 22.6 Å². The predicted octanol–water partition coefficient (Wildman–Crippen LogP) is 4.77. The summed E-state index contributed by atoms with van der Waals surface area (Å²) in [5, 5.41) is 0. The van der Waals surface area contributed by atoms with Crippen LogP contribution in [-0.2, 0) is 6.61 Å². The summed E-state index contributed by atoms with van der Waals surface area (Å²) >= 11 is 2.17. The van der Waals surface area contributed by atoms with Crippen molar-refractivity contribution >= 4 is 22.6 Å². The number of alkyl halides is 3. The molecule has 6 heteroatoms. The average molecular weight is 394 g/mol. The van der Waals surface area contributed by atoms with Crippen LogP contribution in [0.3, 0.4) is 0 Å². The molecule has 0 amide bonds. The molecule has 0 spiro atoms. The lowest BCUT2D eigenvalue weighted by Crippen LogP contribution is -2.17. The van der Waals surface area contributed by atoms with Gasteiger partial charge in [-0.2, -0.15) is 0 Å². The Morgan fingerprint density at radius 2 is 1.50 bits per heavy atom. The summed E-state index contributed by atoms with van der Waals surface area (Å²) in [5.74, 6) is -0.283. The lowest BCUT2D eigenvalue weighted by Gasteiger charge is -2.13. The van der Waals surface area contributed by atoms with E-state index in [0.717, 1.165) is 9.13 Å². The number of halogens is 4. The van der Waals surface area contributed by atoms with Crippen LogP contribution in [0.25, 0.3) is 0 Å². The van der Waals surface area contributed by atoms with Gasteiger partial charge in [0.1, 0.15) is 6.61 Å². The Hall–Kier alpha value is -1.44. The van der Waals surface area contributed by atoms with Gasteiger partial charge in [-0.15, -0.1) is 13.2 Å². The van der Waals surface area contributed by atoms with Crippen molar-refractivity contribution in [2.45, 2.75) is 13.0 Å². The molecule has 0 aromatic heterocycles. The van der Waals surface area contributed by atoms with Crippen molar-refractivity contribution in [3.63, 3.8) is 0 Å². The minimum absolute atomic E-state index is 0.0587. The van der Waals surface area contributed by atoms with Crippen molar-refractivity contribution < 1.29 is 22.6 Å². The van der Waals surface area contributed by atoms with Crippen LogP contribution in [0.15, 0.2) is 48.5 Å². The second kappa shape index (κ2) is 6.34. The second-order valence-corrected chi connectivity index (χ2v) is 5.16. The van der Waals surface area contributed by atoms with Crippen LogP contribution in [0.1, 0.15) is 5.56 Å². The zero-order valence-corrected chi connectivity index (χ0v) is 12.3. The molecule has 2 aromatic carbocycles. The molecule has 0 N–H and O–H groups in total. The van der Waals surface area contributed by atoms with Crippen LogP contribution in [0.4, 0.5) is 13.2 Å². The SMILES string of the molecule is FC(F)(F)Oc1ccccc1OCc1ccc(I)cc1. The fraction of sp³-hybridized carbons (Fsp3) is 0.143. The molecular weight excluding hydrogens is 384 g/mol. The van der Waals surface area contributed by atoms with Gasteiger partial charge in [0, 0.05) is 3.57 Å². The smallest absolute Gasteiger partial charge is 0.485 e. The Morgan fingerprint density at radius 3 is 2.10 bits per heavy atom. The zero-order valence-electron chi connectivity index (χ0n) is 10.2. The van der Waals surface area contributed by atoms with Crippen molar-refractivity contribution in [1.29, 1.82) is 0 Å². The van der Waals surface area contributed by atoms with E-state index in [1.54, 1.807) is 6.07 Å². The third kappa shape index (κ3) is 4.59. The molecule has 0 radical (unpaired) electrons. The summed E-state index contributed by atoms with van der Waals surface area (Å²) < 4.78 is 47.1. The summed E-state index contributed by atoms with van der Waals surface area (Å²) in [6.07, 6.45) is -4.73. The average Bonchev–Trinajstić information content (AvgIpc) is 2.38. The van der Waals surface area contributed by atoms with Gasteiger partial charge in [-0.1, -0.05) is 24.3 Å². The fourth-order valence-electron chi connectivity index (χ4n) is 1.52. The molecular formula is C14H10F3IO2. The molecule has 0 saturated heterocycles. The molecule has 0 heterocycles. The molecule has 0 aliphatic rings. The van der Waals surface area contributed by atoms with Crippen LogP contribution in [0.5, 0.6) is 11.5 Å². The standard InChI is InChI=1S/C14H10F3IO2/c15-14(16,17)20-13-4-2-1-3-12(13)19-9-10-5-7-11(18)8-6-10/h1-8H,9H2. The van der Waals surface area contributed by atoms with Crippen molar-refractivity contribution in [1.82, 2.24) is 0 Å². The summed E-state index contributed by atoms with van der Waals surface area (Å²) in [6, 6.07) is 13.2. The van der Waals surface area contributed by atoms with Crippen LogP contribution in [0.2, 0.25) is 0 Å². The molecule has 106 valence electrons. The van der Waals surface area contributed by atoms with Gasteiger partial charge in [-0.05, 0) is 52.4 Å². The van der Waals surface area contributed by atoms with E-state index < -0.39 is 6.36 Å². The summed E-state index contributed by atoms with van der Waals surface area (Å²) in [5.41, 5.74) is 0.868. The highest BCUT2D eigenvalue weighted by molar-refractivity contribution is 14.1. The van der Waals surface area contributed by atoms with Crippen LogP contribution in [-0.4, -0.2) is 6.36 Å². The number of para-hydroxylation sites is 2. The van der Waals surface area contributed by atoms with Crippen molar-refractivity contribution in [3.8, 4) is 11.5 Å². The Labute approximate surface area is 127 Å². The van der Waals surface area contributed by atoms with Gasteiger partial charge in [-0.25, -0.2) is 0 Å². The first-order valence-corrected chi connectivity index (χ1v) is 6.74. The first-order valence-electron chi connectivity index (χ1n) is 5.66. The van der Waals surface area contributed by atoms with Gasteiger partial charge in [0.2, 0.25) is 0 Å². The van der Waals surface area contributed by atoms with E-state index in [2.05, 4.69) is 27.3 Å². The number of rotatable bonds is 4. The van der Waals surface area contributed by atoms with Crippen molar-refractivity contribution in [2.75, 3.05) is 0 Å². The number of benzene rings is 2. The quantitative estimate of drug-likeness (QED) is 0.696. The number of ether oxygens (including phenoxy) is 2. The fourth-order valence-corrected chi connectivity index (χ4v) is 1.88. The third-order valence-corrected chi connectivity index (χ3v) is 3.10. The Balaban J connectivity index is 2.07. The van der Waals surface area contributed by atoms with E-state index in [0.29, 0.717) is 0 Å². The Kier molecular flexibility index (Phi) is 4.74. The molecule has 0 fully saturated rings. The van der Waals surface area contributed by atoms with Crippen LogP contribution in [0, 0.1) is 3.57 Å². The molecule has 0 aliphatic carbocycles. The molecule has 2 rings (SSSR count). The molecule has 2 nitrogen and oxygen atoms in total. The van der Waals surface area contributed by atoms with Gasteiger partial charge in [-0.3, -0.25) is 0 Å². The van der Waals surface area contributed by atoms with Gasteiger partial charge in [0.05, 0.1) is 0 Å². The molecule has 0 saturated carbocycles. The number of hydrogen-bond acceptors (Lipinski definition) is 2. The number of hydrogen-bond donors (Lipinski definition) is 0.